The Morgan fingerprint density at radius 2 is 2.08 bits per heavy atom. The first-order chi connectivity index (χ1) is 12.3. The number of carbonyl (C=O) groups excluding carboxylic acids is 4. The normalized spacial score (nSPS) is 13.4. The average molecular weight is 384 g/mol. The van der Waals surface area contributed by atoms with Gasteiger partial charge in [0.1, 0.15) is 11.6 Å². The van der Waals surface area contributed by atoms with E-state index in [1.807, 2.05) is 0 Å². The van der Waals surface area contributed by atoms with Gasteiger partial charge in [-0.2, -0.15) is 0 Å². The first kappa shape index (κ1) is 19.3. The van der Waals surface area contributed by atoms with Crippen molar-refractivity contribution in [2.75, 3.05) is 19.7 Å². The number of halogens is 1. The highest BCUT2D eigenvalue weighted by molar-refractivity contribution is 6.32. The topological polar surface area (TPSA) is 136 Å². The van der Waals surface area contributed by atoms with Crippen molar-refractivity contribution >= 4 is 41.0 Å². The third-order valence-electron chi connectivity index (χ3n) is 3.53. The zero-order chi connectivity index (χ0) is 19.3. The van der Waals surface area contributed by atoms with E-state index in [1.54, 1.807) is 0 Å². The lowest BCUT2D eigenvalue weighted by molar-refractivity contribution is -0.384. The first-order valence-electron chi connectivity index (χ1n) is 7.50. The summed E-state index contributed by atoms with van der Waals surface area (Å²) in [5, 5.41) is 12.9. The second-order valence-corrected chi connectivity index (χ2v) is 5.72. The quantitative estimate of drug-likeness (QED) is 0.433. The third-order valence-corrected chi connectivity index (χ3v) is 3.85. The number of rotatable bonds is 6. The fourth-order valence-electron chi connectivity index (χ4n) is 2.23. The van der Waals surface area contributed by atoms with Gasteiger partial charge >= 0.3 is 5.97 Å². The highest BCUT2D eigenvalue weighted by Crippen LogP contribution is 2.24. The summed E-state index contributed by atoms with van der Waals surface area (Å²) < 4.78 is 4.71. The Balaban J connectivity index is 1.82. The fourth-order valence-corrected chi connectivity index (χ4v) is 2.42. The van der Waals surface area contributed by atoms with E-state index in [0.29, 0.717) is 13.0 Å². The number of hydrogen-bond acceptors (Lipinski definition) is 7. The van der Waals surface area contributed by atoms with Gasteiger partial charge in [-0.25, -0.2) is 0 Å². The molecule has 0 aliphatic carbocycles. The summed E-state index contributed by atoms with van der Waals surface area (Å²) in [4.78, 5) is 57.7. The van der Waals surface area contributed by atoms with E-state index in [1.165, 1.54) is 12.1 Å². The minimum absolute atomic E-state index is 0.0624. The molecule has 26 heavy (non-hydrogen) atoms. The Morgan fingerprint density at radius 3 is 2.69 bits per heavy atom. The van der Waals surface area contributed by atoms with E-state index in [-0.39, 0.29) is 22.9 Å². The standard InChI is InChI=1S/C15H14ClN3O7/c16-10-4-3-9(6-11(10)19(24)25)15(23)17-7-14(22)26-8-13(21)18-5-1-2-12(18)20/h3-4,6H,1-2,5,7-8H2,(H,17,23). The number of nitrogens with zero attached hydrogens (tertiary/aromatic N) is 2. The van der Waals surface area contributed by atoms with Gasteiger partial charge < -0.3 is 10.1 Å². The highest BCUT2D eigenvalue weighted by Gasteiger charge is 2.27. The number of benzene rings is 1. The van der Waals surface area contributed by atoms with Gasteiger partial charge in [-0.1, -0.05) is 11.6 Å². The predicted octanol–water partition coefficient (Wildman–Crippen LogP) is 0.670. The number of hydrogen-bond donors (Lipinski definition) is 1. The number of ether oxygens (including phenoxy) is 1. The number of amides is 3. The van der Waals surface area contributed by atoms with Crippen LogP contribution in [0.4, 0.5) is 5.69 Å². The van der Waals surface area contributed by atoms with Crippen LogP contribution in [0.5, 0.6) is 0 Å². The molecule has 138 valence electrons. The van der Waals surface area contributed by atoms with E-state index in [9.17, 15) is 29.3 Å². The molecule has 3 amide bonds. The maximum Gasteiger partial charge on any atom is 0.325 e. The summed E-state index contributed by atoms with van der Waals surface area (Å²) in [6, 6.07) is 3.43. The second kappa shape index (κ2) is 8.39. The molecule has 0 radical (unpaired) electrons. The zero-order valence-corrected chi connectivity index (χ0v) is 14.2. The van der Waals surface area contributed by atoms with Crippen LogP contribution in [0, 0.1) is 10.1 Å². The van der Waals surface area contributed by atoms with Crippen molar-refractivity contribution in [3.63, 3.8) is 0 Å². The Kier molecular flexibility index (Phi) is 6.23. The Morgan fingerprint density at radius 1 is 1.35 bits per heavy atom. The lowest BCUT2D eigenvalue weighted by Gasteiger charge is -2.13. The summed E-state index contributed by atoms with van der Waals surface area (Å²) in [6.07, 6.45) is 0.852. The number of carbonyl (C=O) groups is 4. The largest absolute Gasteiger partial charge is 0.454 e. The minimum Gasteiger partial charge on any atom is -0.454 e. The Bertz CT molecular complexity index is 781. The molecular formula is C15H14ClN3O7. The maximum absolute atomic E-state index is 11.9. The van der Waals surface area contributed by atoms with Crippen molar-refractivity contribution in [2.45, 2.75) is 12.8 Å². The highest BCUT2D eigenvalue weighted by atomic mass is 35.5. The second-order valence-electron chi connectivity index (χ2n) is 5.31. The number of nitro groups is 1. The van der Waals surface area contributed by atoms with Gasteiger partial charge in [-0.05, 0) is 18.6 Å². The molecule has 1 aromatic carbocycles. The van der Waals surface area contributed by atoms with Gasteiger partial charge in [0.25, 0.3) is 17.5 Å². The SMILES string of the molecule is O=C(CNC(=O)c1ccc(Cl)c([N+](=O)[O-])c1)OCC(=O)N1CCCC1=O. The maximum atomic E-state index is 11.9. The van der Waals surface area contributed by atoms with E-state index in [4.69, 9.17) is 16.3 Å². The minimum atomic E-state index is -0.887. The third kappa shape index (κ3) is 4.76. The van der Waals surface area contributed by atoms with Crippen LogP contribution in [-0.4, -0.2) is 53.2 Å². The number of nitro benzene ring substituents is 1. The van der Waals surface area contributed by atoms with Crippen molar-refractivity contribution in [2.24, 2.45) is 0 Å². The zero-order valence-electron chi connectivity index (χ0n) is 13.4. The first-order valence-corrected chi connectivity index (χ1v) is 7.88. The van der Waals surface area contributed by atoms with Crippen LogP contribution in [0.25, 0.3) is 0 Å². The molecule has 1 aliphatic heterocycles. The Labute approximate surface area is 152 Å². The molecule has 1 heterocycles. The van der Waals surface area contributed by atoms with Crippen molar-refractivity contribution < 1.29 is 28.8 Å². The summed E-state index contributed by atoms with van der Waals surface area (Å²) in [5.41, 5.74) is -0.504. The number of imide groups is 1. The van der Waals surface area contributed by atoms with Crippen molar-refractivity contribution in [3.05, 3.63) is 38.9 Å². The number of likely N-dealkylation sites (tertiary alicyclic amines) is 1. The van der Waals surface area contributed by atoms with Crippen LogP contribution in [0.1, 0.15) is 23.2 Å². The molecule has 1 N–H and O–H groups in total. The van der Waals surface area contributed by atoms with Crippen LogP contribution in [0.15, 0.2) is 18.2 Å². The van der Waals surface area contributed by atoms with E-state index in [0.717, 1.165) is 11.0 Å². The summed E-state index contributed by atoms with van der Waals surface area (Å²) in [5.74, 6) is -2.58. The van der Waals surface area contributed by atoms with Crippen LogP contribution in [0.2, 0.25) is 5.02 Å². The molecule has 1 aliphatic rings. The molecule has 0 bridgehead atoms. The smallest absolute Gasteiger partial charge is 0.325 e. The lowest BCUT2D eigenvalue weighted by Crippen LogP contribution is -2.37. The predicted molar refractivity (Wildman–Crippen MR) is 87.4 cm³/mol. The van der Waals surface area contributed by atoms with Crippen molar-refractivity contribution in [3.8, 4) is 0 Å². The molecule has 1 fully saturated rings. The molecule has 0 atom stereocenters. The van der Waals surface area contributed by atoms with Crippen LogP contribution < -0.4 is 5.32 Å². The summed E-state index contributed by atoms with van der Waals surface area (Å²) >= 11 is 5.65. The van der Waals surface area contributed by atoms with Crippen molar-refractivity contribution in [1.29, 1.82) is 0 Å². The van der Waals surface area contributed by atoms with Gasteiger partial charge in [0.05, 0.1) is 4.92 Å². The van der Waals surface area contributed by atoms with Gasteiger partial charge in [0.2, 0.25) is 5.91 Å². The van der Waals surface area contributed by atoms with Crippen LogP contribution >= 0.6 is 11.6 Å². The lowest BCUT2D eigenvalue weighted by atomic mass is 10.2. The molecule has 1 aromatic rings. The molecule has 10 nitrogen and oxygen atoms in total. The number of esters is 1. The van der Waals surface area contributed by atoms with E-state index >= 15 is 0 Å². The molecule has 2 rings (SSSR count). The number of nitrogens with one attached hydrogen (secondary N) is 1. The van der Waals surface area contributed by atoms with Gasteiger partial charge in [-0.3, -0.25) is 34.2 Å². The van der Waals surface area contributed by atoms with Crippen molar-refractivity contribution in [1.82, 2.24) is 10.2 Å². The molecule has 0 aromatic heterocycles. The summed E-state index contributed by atoms with van der Waals surface area (Å²) in [7, 11) is 0. The molecule has 0 saturated carbocycles. The Hall–Kier alpha value is -3.01. The van der Waals surface area contributed by atoms with Crippen LogP contribution in [-0.2, 0) is 19.1 Å². The van der Waals surface area contributed by atoms with Gasteiger partial charge in [-0.15, -0.1) is 0 Å². The monoisotopic (exact) mass is 383 g/mol. The molecule has 0 spiro atoms. The fraction of sp³-hybridized carbons (Fsp3) is 0.333. The molecule has 0 unspecified atom stereocenters. The molecule has 11 heteroatoms. The van der Waals surface area contributed by atoms with E-state index in [2.05, 4.69) is 5.32 Å². The average Bonchev–Trinajstić information content (AvgIpc) is 3.03. The van der Waals surface area contributed by atoms with Gasteiger partial charge in [0.15, 0.2) is 6.61 Å². The van der Waals surface area contributed by atoms with E-state index < -0.39 is 41.5 Å². The van der Waals surface area contributed by atoms with Crippen LogP contribution in [0.3, 0.4) is 0 Å². The van der Waals surface area contributed by atoms with Gasteiger partial charge in [0, 0.05) is 24.6 Å². The molecular weight excluding hydrogens is 370 g/mol. The molecule has 1 saturated heterocycles. The summed E-state index contributed by atoms with van der Waals surface area (Å²) in [6.45, 7) is -0.857.